The Kier molecular flexibility index (Phi) is 6.52. The summed E-state index contributed by atoms with van der Waals surface area (Å²) in [6, 6.07) is 2.20. The van der Waals surface area contributed by atoms with Crippen molar-refractivity contribution in [2.24, 2.45) is 0 Å². The number of hydrazine groups is 1. The second kappa shape index (κ2) is 9.11. The van der Waals surface area contributed by atoms with Crippen LogP contribution in [0.25, 0.3) is 0 Å². The van der Waals surface area contributed by atoms with Crippen molar-refractivity contribution in [3.05, 3.63) is 17.7 Å². The lowest BCUT2D eigenvalue weighted by Gasteiger charge is -2.30. The first-order chi connectivity index (χ1) is 14.9. The minimum atomic E-state index is -0.966. The van der Waals surface area contributed by atoms with Crippen LogP contribution < -0.4 is 25.0 Å². The number of hydrogen-bond donors (Lipinski definition) is 2. The standard InChI is InChI=1S/C20H25N3O8/c1-28-13-8-7-12(15(29-2)16(13)30-3)17(25)31-11-14(24)22-23-18(26)20(21-19(23)27)9-5-4-6-10-20/h7-8H,4-6,9-11H2,1-3H3,(H,21,27)(H,22,24). The Morgan fingerprint density at radius 3 is 2.32 bits per heavy atom. The number of amides is 4. The van der Waals surface area contributed by atoms with Crippen LogP contribution in [0.3, 0.4) is 0 Å². The Labute approximate surface area is 178 Å². The van der Waals surface area contributed by atoms with Gasteiger partial charge in [-0.2, -0.15) is 5.01 Å². The van der Waals surface area contributed by atoms with Crippen LogP contribution in [0.15, 0.2) is 12.1 Å². The molecule has 3 rings (SSSR count). The normalized spacial score (nSPS) is 17.2. The van der Waals surface area contributed by atoms with Gasteiger partial charge in [-0.25, -0.2) is 9.59 Å². The van der Waals surface area contributed by atoms with Gasteiger partial charge in [0.05, 0.1) is 21.3 Å². The number of esters is 1. The Morgan fingerprint density at radius 1 is 1.03 bits per heavy atom. The van der Waals surface area contributed by atoms with Gasteiger partial charge in [0.25, 0.3) is 11.8 Å². The predicted molar refractivity (Wildman–Crippen MR) is 106 cm³/mol. The smallest absolute Gasteiger partial charge is 0.344 e. The lowest BCUT2D eigenvalue weighted by molar-refractivity contribution is -0.140. The molecule has 1 aromatic rings. The topological polar surface area (TPSA) is 132 Å². The van der Waals surface area contributed by atoms with Gasteiger partial charge >= 0.3 is 12.0 Å². The highest BCUT2D eigenvalue weighted by molar-refractivity contribution is 6.08. The van der Waals surface area contributed by atoms with Crippen LogP contribution in [-0.2, 0) is 14.3 Å². The molecule has 11 nitrogen and oxygen atoms in total. The van der Waals surface area contributed by atoms with Crippen molar-refractivity contribution in [1.29, 1.82) is 0 Å². The lowest BCUT2D eigenvalue weighted by atomic mass is 9.82. The van der Waals surface area contributed by atoms with Gasteiger partial charge < -0.3 is 24.3 Å². The molecule has 1 heterocycles. The minimum absolute atomic E-state index is 0.0177. The summed E-state index contributed by atoms with van der Waals surface area (Å²) in [5.74, 6) is -1.55. The Balaban J connectivity index is 1.63. The van der Waals surface area contributed by atoms with Gasteiger partial charge in [-0.15, -0.1) is 0 Å². The summed E-state index contributed by atoms with van der Waals surface area (Å²) < 4.78 is 20.6. The van der Waals surface area contributed by atoms with Crippen molar-refractivity contribution in [2.45, 2.75) is 37.6 Å². The fraction of sp³-hybridized carbons (Fsp3) is 0.500. The SMILES string of the molecule is COc1ccc(C(=O)OCC(=O)NN2C(=O)NC3(CCCCC3)C2=O)c(OC)c1OC. The number of rotatable bonds is 7. The summed E-state index contributed by atoms with van der Waals surface area (Å²) in [6.45, 7) is -0.708. The van der Waals surface area contributed by atoms with E-state index in [1.807, 2.05) is 0 Å². The number of nitrogens with zero attached hydrogens (tertiary/aromatic N) is 1. The van der Waals surface area contributed by atoms with Crippen LogP contribution in [0.1, 0.15) is 42.5 Å². The largest absolute Gasteiger partial charge is 0.493 e. The van der Waals surface area contributed by atoms with Gasteiger partial charge in [0.15, 0.2) is 18.1 Å². The number of ether oxygens (including phenoxy) is 4. The third-order valence-corrected chi connectivity index (χ3v) is 5.36. The number of urea groups is 1. The highest BCUT2D eigenvalue weighted by atomic mass is 16.5. The molecule has 1 aliphatic carbocycles. The average Bonchev–Trinajstić information content (AvgIpc) is 3.00. The molecule has 1 spiro atoms. The zero-order valence-corrected chi connectivity index (χ0v) is 17.6. The quantitative estimate of drug-likeness (QED) is 0.482. The molecule has 0 atom stereocenters. The van der Waals surface area contributed by atoms with Crippen molar-refractivity contribution in [2.75, 3.05) is 27.9 Å². The van der Waals surface area contributed by atoms with E-state index in [4.69, 9.17) is 18.9 Å². The van der Waals surface area contributed by atoms with Gasteiger partial charge in [-0.05, 0) is 25.0 Å². The molecule has 1 aromatic carbocycles. The van der Waals surface area contributed by atoms with Crippen LogP contribution in [0.4, 0.5) is 4.79 Å². The maximum Gasteiger partial charge on any atom is 0.344 e. The molecule has 2 N–H and O–H groups in total. The molecule has 2 aliphatic rings. The van der Waals surface area contributed by atoms with E-state index in [1.165, 1.54) is 33.5 Å². The minimum Gasteiger partial charge on any atom is -0.493 e. The second-order valence-electron chi connectivity index (χ2n) is 7.21. The Hall–Kier alpha value is -3.50. The molecular formula is C20H25N3O8. The monoisotopic (exact) mass is 435 g/mol. The second-order valence-corrected chi connectivity index (χ2v) is 7.21. The van der Waals surface area contributed by atoms with Gasteiger partial charge in [0.1, 0.15) is 11.1 Å². The predicted octanol–water partition coefficient (Wildman–Crippen LogP) is 1.16. The molecule has 0 unspecified atom stereocenters. The van der Waals surface area contributed by atoms with E-state index in [9.17, 15) is 19.2 Å². The number of nitrogens with one attached hydrogen (secondary N) is 2. The number of methoxy groups -OCH3 is 3. The van der Waals surface area contributed by atoms with Crippen molar-refractivity contribution in [1.82, 2.24) is 15.8 Å². The number of imide groups is 1. The van der Waals surface area contributed by atoms with Crippen LogP contribution in [0.2, 0.25) is 0 Å². The van der Waals surface area contributed by atoms with Crippen LogP contribution in [0.5, 0.6) is 17.2 Å². The summed E-state index contributed by atoms with van der Waals surface area (Å²) in [5, 5.41) is 3.33. The Morgan fingerprint density at radius 2 is 1.71 bits per heavy atom. The molecular weight excluding hydrogens is 410 g/mol. The number of hydrogen-bond acceptors (Lipinski definition) is 8. The highest BCUT2D eigenvalue weighted by Gasteiger charge is 2.52. The maximum atomic E-state index is 12.7. The fourth-order valence-corrected chi connectivity index (χ4v) is 3.84. The van der Waals surface area contributed by atoms with Crippen LogP contribution >= 0.6 is 0 Å². The van der Waals surface area contributed by atoms with E-state index in [-0.39, 0.29) is 17.1 Å². The number of carbonyl (C=O) groups excluding carboxylic acids is 4. The van der Waals surface area contributed by atoms with E-state index >= 15 is 0 Å². The molecule has 4 amide bonds. The summed E-state index contributed by atoms with van der Waals surface area (Å²) >= 11 is 0. The van der Waals surface area contributed by atoms with E-state index < -0.39 is 36.0 Å². The zero-order valence-electron chi connectivity index (χ0n) is 17.6. The third-order valence-electron chi connectivity index (χ3n) is 5.36. The third kappa shape index (κ3) is 4.21. The first kappa shape index (κ1) is 22.2. The van der Waals surface area contributed by atoms with E-state index in [2.05, 4.69) is 10.7 Å². The van der Waals surface area contributed by atoms with Crippen molar-refractivity contribution < 1.29 is 38.1 Å². The van der Waals surface area contributed by atoms with E-state index in [0.717, 1.165) is 19.3 Å². The van der Waals surface area contributed by atoms with Crippen molar-refractivity contribution >= 4 is 23.8 Å². The van der Waals surface area contributed by atoms with Gasteiger partial charge in [-0.1, -0.05) is 19.3 Å². The number of carbonyl (C=O) groups is 4. The maximum absolute atomic E-state index is 12.7. The molecule has 1 saturated carbocycles. The van der Waals surface area contributed by atoms with Gasteiger partial charge in [0.2, 0.25) is 5.75 Å². The molecule has 11 heteroatoms. The first-order valence-electron chi connectivity index (χ1n) is 9.79. The first-order valence-corrected chi connectivity index (χ1v) is 9.79. The molecule has 2 fully saturated rings. The number of benzene rings is 1. The zero-order chi connectivity index (χ0) is 22.6. The molecule has 168 valence electrons. The van der Waals surface area contributed by atoms with Gasteiger partial charge in [-0.3, -0.25) is 15.0 Å². The lowest BCUT2D eigenvalue weighted by Crippen LogP contribution is -2.51. The highest BCUT2D eigenvalue weighted by Crippen LogP contribution is 2.40. The van der Waals surface area contributed by atoms with Gasteiger partial charge in [0, 0.05) is 0 Å². The average molecular weight is 435 g/mol. The molecule has 31 heavy (non-hydrogen) atoms. The van der Waals surface area contributed by atoms with E-state index in [1.54, 1.807) is 0 Å². The Bertz CT molecular complexity index is 895. The van der Waals surface area contributed by atoms with Crippen molar-refractivity contribution in [3.63, 3.8) is 0 Å². The molecule has 0 bridgehead atoms. The molecule has 0 aromatic heterocycles. The summed E-state index contributed by atoms with van der Waals surface area (Å²) in [7, 11) is 4.17. The molecule has 1 saturated heterocycles. The van der Waals surface area contributed by atoms with Crippen LogP contribution in [0, 0.1) is 0 Å². The summed E-state index contributed by atoms with van der Waals surface area (Å²) in [6.07, 6.45) is 3.68. The van der Waals surface area contributed by atoms with Crippen molar-refractivity contribution in [3.8, 4) is 17.2 Å². The van der Waals surface area contributed by atoms with Crippen LogP contribution in [-0.4, -0.2) is 62.3 Å². The van der Waals surface area contributed by atoms with E-state index in [0.29, 0.717) is 23.6 Å². The molecule has 1 aliphatic heterocycles. The summed E-state index contributed by atoms with van der Waals surface area (Å²) in [5.41, 5.74) is 1.26. The fourth-order valence-electron chi connectivity index (χ4n) is 3.84. The summed E-state index contributed by atoms with van der Waals surface area (Å²) in [4.78, 5) is 49.6. The molecule has 0 radical (unpaired) electrons.